The van der Waals surface area contributed by atoms with Crippen LogP contribution in [0.4, 0.5) is 0 Å². The minimum atomic E-state index is -0.417. The number of rotatable bonds is 5. The second-order valence-corrected chi connectivity index (χ2v) is 4.61. The van der Waals surface area contributed by atoms with Crippen LogP contribution in [-0.4, -0.2) is 11.7 Å². The van der Waals surface area contributed by atoms with E-state index in [1.807, 2.05) is 0 Å². The van der Waals surface area contributed by atoms with E-state index in [0.29, 0.717) is 23.7 Å². The van der Waals surface area contributed by atoms with Crippen LogP contribution in [0.3, 0.4) is 0 Å². The highest BCUT2D eigenvalue weighted by Gasteiger charge is 2.28. The van der Waals surface area contributed by atoms with Crippen molar-refractivity contribution in [2.45, 2.75) is 39.5 Å². The number of carbonyl (C=O) groups is 1. The lowest BCUT2D eigenvalue weighted by atomic mass is 9.91. The predicted octanol–water partition coefficient (Wildman–Crippen LogP) is 2.70. The first kappa shape index (κ1) is 12.7. The van der Waals surface area contributed by atoms with Crippen LogP contribution in [0, 0.1) is 5.92 Å². The quantitative estimate of drug-likeness (QED) is 0.795. The monoisotopic (exact) mass is 246 g/mol. The molecule has 0 aromatic rings. The second kappa shape index (κ2) is 5.25. The molecule has 2 N–H and O–H groups in total. The fourth-order valence-electron chi connectivity index (χ4n) is 2.35. The van der Waals surface area contributed by atoms with Crippen molar-refractivity contribution in [3.63, 3.8) is 0 Å². The molecule has 0 aromatic carbocycles. The molecule has 96 valence electrons. The number of nitrogens with two attached hydrogens (primary N) is 1. The van der Waals surface area contributed by atoms with E-state index in [-0.39, 0.29) is 0 Å². The Morgan fingerprint density at radius 1 is 1.44 bits per heavy atom. The van der Waals surface area contributed by atoms with Crippen molar-refractivity contribution in [1.82, 2.24) is 0 Å². The van der Waals surface area contributed by atoms with Crippen LogP contribution in [0.15, 0.2) is 38.3 Å². The lowest BCUT2D eigenvalue weighted by molar-refractivity contribution is -0.114. The standard InChI is InChI=1S/C13H18N4O/c1-3-5-8(4-2)11-10-6-9(12(14)18)7-15-13(10)17-16-11/h7-8H,3-6H2,1-2H3,(H2,14,18). The smallest absolute Gasteiger partial charge is 0.246 e. The van der Waals surface area contributed by atoms with Gasteiger partial charge in [0.15, 0.2) is 5.84 Å². The molecule has 2 aliphatic heterocycles. The number of nitrogens with zero attached hydrogens (tertiary/aromatic N) is 3. The van der Waals surface area contributed by atoms with Crippen LogP contribution in [-0.2, 0) is 4.79 Å². The molecule has 0 aliphatic carbocycles. The van der Waals surface area contributed by atoms with Crippen LogP contribution in [0.2, 0.25) is 0 Å². The lowest BCUT2D eigenvalue weighted by Crippen LogP contribution is -2.18. The van der Waals surface area contributed by atoms with Gasteiger partial charge in [-0.1, -0.05) is 20.3 Å². The first-order chi connectivity index (χ1) is 8.67. The molecule has 0 saturated carbocycles. The highest BCUT2D eigenvalue weighted by Crippen LogP contribution is 2.34. The largest absolute Gasteiger partial charge is 0.366 e. The number of amides is 1. The third-order valence-corrected chi connectivity index (χ3v) is 3.37. The van der Waals surface area contributed by atoms with E-state index in [9.17, 15) is 4.79 Å². The van der Waals surface area contributed by atoms with Gasteiger partial charge in [-0.15, -0.1) is 5.11 Å². The molecule has 0 aromatic heterocycles. The van der Waals surface area contributed by atoms with Crippen LogP contribution in [0.5, 0.6) is 0 Å². The van der Waals surface area contributed by atoms with E-state index in [1.165, 1.54) is 6.20 Å². The molecule has 1 amide bonds. The Balaban J connectivity index is 2.30. The molecule has 5 heteroatoms. The van der Waals surface area contributed by atoms with Crippen LogP contribution in [0.1, 0.15) is 39.5 Å². The summed E-state index contributed by atoms with van der Waals surface area (Å²) >= 11 is 0. The minimum absolute atomic E-state index is 0.397. The zero-order chi connectivity index (χ0) is 13.1. The lowest BCUT2D eigenvalue weighted by Gasteiger charge is -2.16. The Labute approximate surface area is 107 Å². The Kier molecular flexibility index (Phi) is 3.69. The first-order valence-electron chi connectivity index (χ1n) is 6.39. The molecule has 0 fully saturated rings. The molecule has 2 aliphatic rings. The van der Waals surface area contributed by atoms with Gasteiger partial charge in [0, 0.05) is 29.7 Å². The molecule has 1 unspecified atom stereocenters. The van der Waals surface area contributed by atoms with Crippen molar-refractivity contribution in [2.24, 2.45) is 26.9 Å². The molecule has 2 rings (SSSR count). The number of allylic oxidation sites excluding steroid dienone is 1. The van der Waals surface area contributed by atoms with Gasteiger partial charge in [0.05, 0.1) is 5.70 Å². The maximum Gasteiger partial charge on any atom is 0.246 e. The summed E-state index contributed by atoms with van der Waals surface area (Å²) < 4.78 is 0. The second-order valence-electron chi connectivity index (χ2n) is 4.61. The van der Waals surface area contributed by atoms with Gasteiger partial charge in [-0.2, -0.15) is 5.11 Å². The van der Waals surface area contributed by atoms with E-state index in [1.54, 1.807) is 0 Å². The number of amidine groups is 1. The summed E-state index contributed by atoms with van der Waals surface area (Å²) in [4.78, 5) is 15.4. The van der Waals surface area contributed by atoms with Gasteiger partial charge in [-0.05, 0) is 12.8 Å². The predicted molar refractivity (Wildman–Crippen MR) is 69.9 cm³/mol. The number of hydrogen-bond donors (Lipinski definition) is 1. The summed E-state index contributed by atoms with van der Waals surface area (Å²) in [6, 6.07) is 0. The molecule has 18 heavy (non-hydrogen) atoms. The minimum Gasteiger partial charge on any atom is -0.366 e. The van der Waals surface area contributed by atoms with Crippen molar-refractivity contribution >= 4 is 11.7 Å². The molecule has 2 heterocycles. The summed E-state index contributed by atoms with van der Waals surface area (Å²) in [6.45, 7) is 4.30. The third-order valence-electron chi connectivity index (χ3n) is 3.37. The number of carbonyl (C=O) groups excluding carboxylic acids is 1. The van der Waals surface area contributed by atoms with Crippen LogP contribution >= 0.6 is 0 Å². The van der Waals surface area contributed by atoms with Gasteiger partial charge in [-0.3, -0.25) is 4.79 Å². The van der Waals surface area contributed by atoms with Gasteiger partial charge >= 0.3 is 0 Å². The van der Waals surface area contributed by atoms with Crippen molar-refractivity contribution in [2.75, 3.05) is 0 Å². The van der Waals surface area contributed by atoms with E-state index in [4.69, 9.17) is 5.73 Å². The first-order valence-corrected chi connectivity index (χ1v) is 6.39. The average Bonchev–Trinajstić information content (AvgIpc) is 2.78. The number of primary amides is 1. The summed E-state index contributed by atoms with van der Waals surface area (Å²) in [5.41, 5.74) is 7.80. The number of fused-ring (bicyclic) bond motifs is 1. The van der Waals surface area contributed by atoms with E-state index in [0.717, 1.165) is 30.5 Å². The van der Waals surface area contributed by atoms with E-state index in [2.05, 4.69) is 29.1 Å². The third kappa shape index (κ3) is 2.25. The average molecular weight is 246 g/mol. The Morgan fingerprint density at radius 2 is 2.22 bits per heavy atom. The van der Waals surface area contributed by atoms with Crippen molar-refractivity contribution in [3.8, 4) is 0 Å². The zero-order valence-electron chi connectivity index (χ0n) is 10.8. The van der Waals surface area contributed by atoms with E-state index < -0.39 is 5.91 Å². The maximum absolute atomic E-state index is 11.2. The van der Waals surface area contributed by atoms with Gasteiger partial charge in [0.2, 0.25) is 5.91 Å². The molecule has 0 spiro atoms. The molecule has 5 nitrogen and oxygen atoms in total. The van der Waals surface area contributed by atoms with Crippen molar-refractivity contribution in [1.29, 1.82) is 0 Å². The number of aliphatic imine (C=N–C) groups is 1. The van der Waals surface area contributed by atoms with Crippen LogP contribution in [0.25, 0.3) is 0 Å². The maximum atomic E-state index is 11.2. The topological polar surface area (TPSA) is 80.2 Å². The molecule has 0 bridgehead atoms. The summed E-state index contributed by atoms with van der Waals surface area (Å²) in [5.74, 6) is 0.623. The number of azo groups is 1. The molecular weight excluding hydrogens is 228 g/mol. The molecule has 0 radical (unpaired) electrons. The highest BCUT2D eigenvalue weighted by molar-refractivity contribution is 6.05. The fraction of sp³-hybridized carbons (Fsp3) is 0.538. The Bertz CT molecular complexity index is 485. The van der Waals surface area contributed by atoms with Crippen molar-refractivity contribution < 1.29 is 4.79 Å². The van der Waals surface area contributed by atoms with Gasteiger partial charge in [-0.25, -0.2) is 4.99 Å². The normalized spacial score (nSPS) is 19.4. The Morgan fingerprint density at radius 3 is 2.83 bits per heavy atom. The molecule has 1 atom stereocenters. The van der Waals surface area contributed by atoms with E-state index >= 15 is 0 Å². The SMILES string of the molecule is CCCC(CC)C1=C2CC(C(N)=O)=CN=C2N=N1. The number of hydrogen-bond acceptors (Lipinski definition) is 4. The summed E-state index contributed by atoms with van der Waals surface area (Å²) in [5, 5.41) is 8.34. The van der Waals surface area contributed by atoms with Gasteiger partial charge in [0.25, 0.3) is 0 Å². The zero-order valence-corrected chi connectivity index (χ0v) is 10.8. The summed E-state index contributed by atoms with van der Waals surface area (Å²) in [6.07, 6.45) is 5.22. The highest BCUT2D eigenvalue weighted by atomic mass is 16.1. The van der Waals surface area contributed by atoms with Crippen molar-refractivity contribution in [3.05, 3.63) is 23.0 Å². The van der Waals surface area contributed by atoms with Gasteiger partial charge in [0.1, 0.15) is 0 Å². The van der Waals surface area contributed by atoms with Gasteiger partial charge < -0.3 is 5.73 Å². The fourth-order valence-corrected chi connectivity index (χ4v) is 2.35. The van der Waals surface area contributed by atoms with Crippen LogP contribution < -0.4 is 5.73 Å². The summed E-state index contributed by atoms with van der Waals surface area (Å²) in [7, 11) is 0. The molecular formula is C13H18N4O. The molecule has 0 saturated heterocycles. The Hall–Kier alpha value is -1.78.